The van der Waals surface area contributed by atoms with Gasteiger partial charge in [-0.1, -0.05) is 0 Å². The predicted molar refractivity (Wildman–Crippen MR) is 66.9 cm³/mol. The summed E-state index contributed by atoms with van der Waals surface area (Å²) >= 11 is 0. The van der Waals surface area contributed by atoms with E-state index in [9.17, 15) is 4.79 Å². The highest BCUT2D eigenvalue weighted by atomic mass is 16.5. The number of rotatable bonds is 1. The molecule has 0 aliphatic carbocycles. The summed E-state index contributed by atoms with van der Waals surface area (Å²) < 4.78 is 5.42. The number of benzene rings is 1. The van der Waals surface area contributed by atoms with Gasteiger partial charge >= 0.3 is 0 Å². The van der Waals surface area contributed by atoms with Gasteiger partial charge < -0.3 is 15.4 Å². The van der Waals surface area contributed by atoms with E-state index >= 15 is 0 Å². The Morgan fingerprint density at radius 1 is 1.47 bits per heavy atom. The quantitative estimate of drug-likeness (QED) is 0.748. The van der Waals surface area contributed by atoms with E-state index in [2.05, 4.69) is 0 Å². The maximum Gasteiger partial charge on any atom is 0.254 e. The number of ether oxygens (including phenoxy) is 1. The molecule has 1 aromatic carbocycles. The first-order chi connectivity index (χ1) is 8.06. The van der Waals surface area contributed by atoms with E-state index in [1.807, 2.05) is 30.9 Å². The minimum absolute atomic E-state index is 0.0375. The van der Waals surface area contributed by atoms with Crippen LogP contribution in [0.2, 0.25) is 0 Å². The Morgan fingerprint density at radius 2 is 2.24 bits per heavy atom. The van der Waals surface area contributed by atoms with Crippen LogP contribution in [0.4, 0.5) is 5.69 Å². The van der Waals surface area contributed by atoms with Crippen LogP contribution in [0.3, 0.4) is 0 Å². The van der Waals surface area contributed by atoms with Crippen molar-refractivity contribution in [2.75, 3.05) is 25.4 Å². The highest BCUT2D eigenvalue weighted by molar-refractivity contribution is 5.95. The number of hydrogen-bond acceptors (Lipinski definition) is 3. The van der Waals surface area contributed by atoms with Gasteiger partial charge in [-0.2, -0.15) is 0 Å². The molecule has 1 aliphatic heterocycles. The highest BCUT2D eigenvalue weighted by Gasteiger charge is 2.22. The van der Waals surface area contributed by atoms with E-state index in [-0.39, 0.29) is 12.0 Å². The Hall–Kier alpha value is -1.55. The smallest absolute Gasteiger partial charge is 0.254 e. The predicted octanol–water partition coefficient (Wildman–Crippen LogP) is 1.44. The van der Waals surface area contributed by atoms with Crippen LogP contribution in [0.15, 0.2) is 18.2 Å². The summed E-state index contributed by atoms with van der Waals surface area (Å²) in [6.07, 6.45) is 0.106. The van der Waals surface area contributed by atoms with Gasteiger partial charge in [0.25, 0.3) is 5.91 Å². The molecular formula is C13H18N2O2. The zero-order chi connectivity index (χ0) is 12.4. The Balaban J connectivity index is 2.18. The standard InChI is InChI=1S/C13H18N2O2/c1-9-5-11(7-12(14)6-9)13(16)15-3-4-17-10(2)8-15/h5-7,10H,3-4,8,14H2,1-2H3. The van der Waals surface area contributed by atoms with Gasteiger partial charge in [0.05, 0.1) is 12.7 Å². The van der Waals surface area contributed by atoms with Gasteiger partial charge in [-0.25, -0.2) is 0 Å². The number of aryl methyl sites for hydroxylation is 1. The lowest BCUT2D eigenvalue weighted by atomic mass is 10.1. The third-order valence-electron chi connectivity index (χ3n) is 2.87. The second-order valence-electron chi connectivity index (χ2n) is 4.56. The van der Waals surface area contributed by atoms with Crippen molar-refractivity contribution in [3.8, 4) is 0 Å². The topological polar surface area (TPSA) is 55.6 Å². The molecule has 1 heterocycles. The summed E-state index contributed by atoms with van der Waals surface area (Å²) in [5.41, 5.74) is 8.07. The molecule has 92 valence electrons. The molecule has 4 nitrogen and oxygen atoms in total. The number of hydrogen-bond donors (Lipinski definition) is 1. The van der Waals surface area contributed by atoms with E-state index in [1.165, 1.54) is 0 Å². The fourth-order valence-corrected chi connectivity index (χ4v) is 2.12. The van der Waals surface area contributed by atoms with Crippen LogP contribution in [0, 0.1) is 6.92 Å². The molecule has 1 unspecified atom stereocenters. The van der Waals surface area contributed by atoms with Gasteiger partial charge in [-0.05, 0) is 37.6 Å². The molecule has 0 saturated carbocycles. The number of amides is 1. The Morgan fingerprint density at radius 3 is 2.88 bits per heavy atom. The number of morpholine rings is 1. The Bertz CT molecular complexity index is 411. The second-order valence-corrected chi connectivity index (χ2v) is 4.56. The summed E-state index contributed by atoms with van der Waals surface area (Å²) in [4.78, 5) is 14.1. The first kappa shape index (κ1) is 11.9. The fraction of sp³-hybridized carbons (Fsp3) is 0.462. The highest BCUT2D eigenvalue weighted by Crippen LogP contribution is 2.15. The minimum atomic E-state index is 0.0375. The molecule has 1 aromatic rings. The molecule has 0 bridgehead atoms. The van der Waals surface area contributed by atoms with Crippen molar-refractivity contribution in [2.24, 2.45) is 0 Å². The van der Waals surface area contributed by atoms with E-state index in [1.54, 1.807) is 6.07 Å². The third-order valence-corrected chi connectivity index (χ3v) is 2.87. The number of nitrogen functional groups attached to an aromatic ring is 1. The van der Waals surface area contributed by atoms with E-state index in [4.69, 9.17) is 10.5 Å². The number of nitrogens with zero attached hydrogens (tertiary/aromatic N) is 1. The van der Waals surface area contributed by atoms with Crippen LogP contribution in [0.5, 0.6) is 0 Å². The maximum atomic E-state index is 12.3. The molecule has 17 heavy (non-hydrogen) atoms. The van der Waals surface area contributed by atoms with Gasteiger partial charge in [0, 0.05) is 24.3 Å². The van der Waals surface area contributed by atoms with Gasteiger partial charge in [0.15, 0.2) is 0 Å². The molecule has 2 N–H and O–H groups in total. The summed E-state index contributed by atoms with van der Waals surface area (Å²) in [6, 6.07) is 5.47. The monoisotopic (exact) mass is 234 g/mol. The number of carbonyl (C=O) groups excluding carboxylic acids is 1. The van der Waals surface area contributed by atoms with Crippen molar-refractivity contribution in [1.29, 1.82) is 0 Å². The fourth-order valence-electron chi connectivity index (χ4n) is 2.12. The molecule has 0 aromatic heterocycles. The molecule has 4 heteroatoms. The molecule has 0 spiro atoms. The minimum Gasteiger partial charge on any atom is -0.399 e. The Labute approximate surface area is 101 Å². The van der Waals surface area contributed by atoms with Gasteiger partial charge in [0.1, 0.15) is 0 Å². The van der Waals surface area contributed by atoms with Crippen LogP contribution in [0.25, 0.3) is 0 Å². The zero-order valence-corrected chi connectivity index (χ0v) is 10.3. The normalized spacial score (nSPS) is 20.4. The van der Waals surface area contributed by atoms with Crippen molar-refractivity contribution < 1.29 is 9.53 Å². The molecule has 1 saturated heterocycles. The SMILES string of the molecule is Cc1cc(N)cc(C(=O)N2CCOC(C)C2)c1. The number of anilines is 1. The molecule has 1 atom stereocenters. The molecule has 1 aliphatic rings. The first-order valence-electron chi connectivity index (χ1n) is 5.84. The number of carbonyl (C=O) groups is 1. The van der Waals surface area contributed by atoms with Crippen LogP contribution < -0.4 is 5.73 Å². The maximum absolute atomic E-state index is 12.3. The molecule has 2 rings (SSSR count). The summed E-state index contributed by atoms with van der Waals surface area (Å²) in [5, 5.41) is 0. The first-order valence-corrected chi connectivity index (χ1v) is 5.84. The van der Waals surface area contributed by atoms with Crippen LogP contribution in [0.1, 0.15) is 22.8 Å². The van der Waals surface area contributed by atoms with Gasteiger partial charge in [-0.15, -0.1) is 0 Å². The van der Waals surface area contributed by atoms with E-state index < -0.39 is 0 Å². The lowest BCUT2D eigenvalue weighted by Crippen LogP contribution is -2.44. The van der Waals surface area contributed by atoms with Crippen LogP contribution in [-0.4, -0.2) is 36.6 Å². The molecular weight excluding hydrogens is 216 g/mol. The number of nitrogens with two attached hydrogens (primary N) is 1. The summed E-state index contributed by atoms with van der Waals surface area (Å²) in [5.74, 6) is 0.0375. The lowest BCUT2D eigenvalue weighted by molar-refractivity contribution is -0.0124. The van der Waals surface area contributed by atoms with Crippen molar-refractivity contribution in [3.63, 3.8) is 0 Å². The van der Waals surface area contributed by atoms with Crippen LogP contribution in [-0.2, 0) is 4.74 Å². The average Bonchev–Trinajstić information content (AvgIpc) is 2.26. The zero-order valence-electron chi connectivity index (χ0n) is 10.3. The van der Waals surface area contributed by atoms with E-state index in [0.717, 1.165) is 5.56 Å². The molecule has 0 radical (unpaired) electrons. The molecule has 1 amide bonds. The summed E-state index contributed by atoms with van der Waals surface area (Å²) in [7, 11) is 0. The van der Waals surface area contributed by atoms with Crippen molar-refractivity contribution in [1.82, 2.24) is 4.90 Å². The Kier molecular flexibility index (Phi) is 3.33. The van der Waals surface area contributed by atoms with Gasteiger partial charge in [-0.3, -0.25) is 4.79 Å². The van der Waals surface area contributed by atoms with Crippen LogP contribution >= 0.6 is 0 Å². The lowest BCUT2D eigenvalue weighted by Gasteiger charge is -2.31. The average molecular weight is 234 g/mol. The largest absolute Gasteiger partial charge is 0.399 e. The third kappa shape index (κ3) is 2.77. The second kappa shape index (κ2) is 4.75. The van der Waals surface area contributed by atoms with Gasteiger partial charge in [0.2, 0.25) is 0 Å². The van der Waals surface area contributed by atoms with E-state index in [0.29, 0.717) is 30.9 Å². The van der Waals surface area contributed by atoms with Crippen molar-refractivity contribution >= 4 is 11.6 Å². The van der Waals surface area contributed by atoms with Crippen molar-refractivity contribution in [3.05, 3.63) is 29.3 Å². The van der Waals surface area contributed by atoms with Crippen molar-refractivity contribution in [2.45, 2.75) is 20.0 Å². The summed E-state index contributed by atoms with van der Waals surface area (Å²) in [6.45, 7) is 5.82. The molecule has 1 fully saturated rings.